The maximum atomic E-state index is 12.1. The van der Waals surface area contributed by atoms with Crippen LogP contribution in [0.3, 0.4) is 0 Å². The maximum Gasteiger partial charge on any atom is 0.252 e. The van der Waals surface area contributed by atoms with Gasteiger partial charge in [-0.05, 0) is 50.4 Å². The van der Waals surface area contributed by atoms with Gasteiger partial charge >= 0.3 is 0 Å². The van der Waals surface area contributed by atoms with E-state index in [-0.39, 0.29) is 5.91 Å². The lowest BCUT2D eigenvalue weighted by atomic mass is 9.95. The fourth-order valence-electron chi connectivity index (χ4n) is 2.68. The quantitative estimate of drug-likeness (QED) is 0.888. The number of hydrogen-bond donors (Lipinski definition) is 2. The molecule has 0 aliphatic carbocycles. The number of hydrogen-bond acceptors (Lipinski definition) is 5. The van der Waals surface area contributed by atoms with E-state index in [0.29, 0.717) is 5.56 Å². The minimum Gasteiger partial charge on any atom is -0.352 e. The van der Waals surface area contributed by atoms with Gasteiger partial charge in [0.05, 0.1) is 22.5 Å². The van der Waals surface area contributed by atoms with Crippen LogP contribution in [0.5, 0.6) is 0 Å². The molecule has 0 unspecified atom stereocenters. The van der Waals surface area contributed by atoms with Crippen LogP contribution in [-0.2, 0) is 0 Å². The number of nitrogens with one attached hydrogen (secondary N) is 2. The van der Waals surface area contributed by atoms with Gasteiger partial charge in [-0.2, -0.15) is 0 Å². The standard InChI is InChI=1S/C16H20N4OS/c21-16(18-8-5-12-3-6-17-7-4-12)13-1-2-14(19-9-13)15-10-22-11-20-15/h1-2,9-12,17H,3-8H2,(H,18,21). The van der Waals surface area contributed by atoms with Crippen molar-refractivity contribution in [1.29, 1.82) is 0 Å². The molecule has 2 aromatic heterocycles. The molecule has 1 saturated heterocycles. The molecule has 0 saturated carbocycles. The fourth-order valence-corrected chi connectivity index (χ4v) is 3.23. The topological polar surface area (TPSA) is 66.9 Å². The summed E-state index contributed by atoms with van der Waals surface area (Å²) in [6.07, 6.45) is 5.09. The second kappa shape index (κ2) is 7.47. The van der Waals surface area contributed by atoms with E-state index in [4.69, 9.17) is 0 Å². The molecule has 0 aromatic carbocycles. The molecule has 6 heteroatoms. The number of pyridine rings is 1. The zero-order valence-electron chi connectivity index (χ0n) is 12.4. The summed E-state index contributed by atoms with van der Waals surface area (Å²) in [5, 5.41) is 8.29. The summed E-state index contributed by atoms with van der Waals surface area (Å²) >= 11 is 1.53. The van der Waals surface area contributed by atoms with Gasteiger partial charge in [0.2, 0.25) is 0 Å². The molecule has 5 nitrogen and oxygen atoms in total. The lowest BCUT2D eigenvalue weighted by Crippen LogP contribution is -2.31. The number of carbonyl (C=O) groups excluding carboxylic acids is 1. The van der Waals surface area contributed by atoms with Gasteiger partial charge in [-0.25, -0.2) is 4.98 Å². The van der Waals surface area contributed by atoms with Crippen molar-refractivity contribution in [2.75, 3.05) is 19.6 Å². The third kappa shape index (κ3) is 3.90. The Bertz CT molecular complexity index is 591. The zero-order chi connectivity index (χ0) is 15.2. The second-order valence-electron chi connectivity index (χ2n) is 5.54. The van der Waals surface area contributed by atoms with E-state index in [1.807, 2.05) is 17.5 Å². The van der Waals surface area contributed by atoms with E-state index < -0.39 is 0 Å². The Morgan fingerprint density at radius 3 is 2.82 bits per heavy atom. The molecule has 22 heavy (non-hydrogen) atoms. The van der Waals surface area contributed by atoms with Gasteiger partial charge < -0.3 is 10.6 Å². The molecule has 3 rings (SSSR count). The minimum atomic E-state index is -0.0498. The molecular weight excluding hydrogens is 296 g/mol. The van der Waals surface area contributed by atoms with Crippen LogP contribution < -0.4 is 10.6 Å². The molecule has 0 spiro atoms. The van der Waals surface area contributed by atoms with Crippen LogP contribution in [0.15, 0.2) is 29.2 Å². The van der Waals surface area contributed by atoms with Crippen molar-refractivity contribution < 1.29 is 4.79 Å². The summed E-state index contributed by atoms with van der Waals surface area (Å²) in [6.45, 7) is 2.93. The van der Waals surface area contributed by atoms with Gasteiger partial charge in [-0.1, -0.05) is 0 Å². The SMILES string of the molecule is O=C(NCCC1CCNCC1)c1ccc(-c2cscn2)nc1. The fraction of sp³-hybridized carbons (Fsp3) is 0.438. The first-order valence-electron chi connectivity index (χ1n) is 7.66. The Hall–Kier alpha value is -1.79. The van der Waals surface area contributed by atoms with Crippen molar-refractivity contribution in [2.45, 2.75) is 19.3 Å². The predicted molar refractivity (Wildman–Crippen MR) is 87.9 cm³/mol. The summed E-state index contributed by atoms with van der Waals surface area (Å²) in [7, 11) is 0. The van der Waals surface area contributed by atoms with Gasteiger partial charge in [-0.15, -0.1) is 11.3 Å². The van der Waals surface area contributed by atoms with Crippen LogP contribution >= 0.6 is 11.3 Å². The van der Waals surface area contributed by atoms with Crippen LogP contribution in [0.1, 0.15) is 29.6 Å². The predicted octanol–water partition coefficient (Wildman–Crippen LogP) is 2.32. The number of aromatic nitrogens is 2. The van der Waals surface area contributed by atoms with Crippen LogP contribution in [0.25, 0.3) is 11.4 Å². The van der Waals surface area contributed by atoms with Gasteiger partial charge in [0.1, 0.15) is 0 Å². The van der Waals surface area contributed by atoms with E-state index in [0.717, 1.165) is 43.4 Å². The van der Waals surface area contributed by atoms with Crippen molar-refractivity contribution in [2.24, 2.45) is 5.92 Å². The molecule has 1 aliphatic rings. The number of thiazole rings is 1. The van der Waals surface area contributed by atoms with E-state index in [1.165, 1.54) is 24.2 Å². The zero-order valence-corrected chi connectivity index (χ0v) is 13.2. The molecular formula is C16H20N4OS. The molecule has 0 bridgehead atoms. The summed E-state index contributed by atoms with van der Waals surface area (Å²) in [5.74, 6) is 0.679. The van der Waals surface area contributed by atoms with Crippen LogP contribution in [0, 0.1) is 5.92 Å². The van der Waals surface area contributed by atoms with Crippen molar-refractivity contribution in [3.8, 4) is 11.4 Å². The average Bonchev–Trinajstić information content (AvgIpc) is 3.10. The molecule has 116 valence electrons. The normalized spacial score (nSPS) is 15.6. The van der Waals surface area contributed by atoms with E-state index in [2.05, 4.69) is 20.6 Å². The molecule has 2 aromatic rings. The van der Waals surface area contributed by atoms with E-state index >= 15 is 0 Å². The number of carbonyl (C=O) groups is 1. The van der Waals surface area contributed by atoms with Crippen molar-refractivity contribution in [3.63, 3.8) is 0 Å². The summed E-state index contributed by atoms with van der Waals surface area (Å²) < 4.78 is 0. The highest BCUT2D eigenvalue weighted by atomic mass is 32.1. The van der Waals surface area contributed by atoms with Crippen LogP contribution in [-0.4, -0.2) is 35.5 Å². The summed E-state index contributed by atoms with van der Waals surface area (Å²) in [4.78, 5) is 20.6. The number of piperidine rings is 1. The van der Waals surface area contributed by atoms with Gasteiger partial charge in [-0.3, -0.25) is 9.78 Å². The maximum absolute atomic E-state index is 12.1. The first-order valence-corrected chi connectivity index (χ1v) is 8.61. The summed E-state index contributed by atoms with van der Waals surface area (Å²) in [6, 6.07) is 3.65. The lowest BCUT2D eigenvalue weighted by Gasteiger charge is -2.22. The van der Waals surface area contributed by atoms with E-state index in [1.54, 1.807) is 11.7 Å². The third-order valence-corrected chi connectivity index (χ3v) is 4.60. The lowest BCUT2D eigenvalue weighted by molar-refractivity contribution is 0.0950. The number of amides is 1. The van der Waals surface area contributed by atoms with Crippen LogP contribution in [0.4, 0.5) is 0 Å². The van der Waals surface area contributed by atoms with Gasteiger partial charge in [0.25, 0.3) is 5.91 Å². The Kier molecular flexibility index (Phi) is 5.13. The highest BCUT2D eigenvalue weighted by Gasteiger charge is 2.13. The van der Waals surface area contributed by atoms with Crippen molar-refractivity contribution >= 4 is 17.2 Å². The molecule has 1 aliphatic heterocycles. The van der Waals surface area contributed by atoms with Crippen molar-refractivity contribution in [3.05, 3.63) is 34.8 Å². The number of rotatable bonds is 5. The smallest absolute Gasteiger partial charge is 0.252 e. The van der Waals surface area contributed by atoms with Gasteiger partial charge in [0, 0.05) is 18.1 Å². The second-order valence-corrected chi connectivity index (χ2v) is 6.26. The summed E-state index contributed by atoms with van der Waals surface area (Å²) in [5.41, 5.74) is 4.03. The monoisotopic (exact) mass is 316 g/mol. The largest absolute Gasteiger partial charge is 0.352 e. The Morgan fingerprint density at radius 2 is 2.14 bits per heavy atom. The minimum absolute atomic E-state index is 0.0498. The molecule has 3 heterocycles. The van der Waals surface area contributed by atoms with Gasteiger partial charge in [0.15, 0.2) is 0 Å². The Morgan fingerprint density at radius 1 is 1.27 bits per heavy atom. The first kappa shape index (κ1) is 15.1. The Balaban J connectivity index is 1.49. The third-order valence-electron chi connectivity index (χ3n) is 4.02. The van der Waals surface area contributed by atoms with E-state index in [9.17, 15) is 4.79 Å². The molecule has 2 N–H and O–H groups in total. The van der Waals surface area contributed by atoms with Crippen LogP contribution in [0.2, 0.25) is 0 Å². The molecule has 0 radical (unpaired) electrons. The first-order chi connectivity index (χ1) is 10.8. The Labute approximate surface area is 134 Å². The molecule has 0 atom stereocenters. The highest BCUT2D eigenvalue weighted by molar-refractivity contribution is 7.07. The number of nitrogens with zero attached hydrogens (tertiary/aromatic N) is 2. The van der Waals surface area contributed by atoms with Crippen molar-refractivity contribution in [1.82, 2.24) is 20.6 Å². The molecule has 1 amide bonds. The average molecular weight is 316 g/mol. The molecule has 1 fully saturated rings. The highest BCUT2D eigenvalue weighted by Crippen LogP contribution is 2.17.